The van der Waals surface area contributed by atoms with Crippen molar-refractivity contribution in [3.63, 3.8) is 0 Å². The van der Waals surface area contributed by atoms with E-state index >= 15 is 0 Å². The third kappa shape index (κ3) is 4.79. The van der Waals surface area contributed by atoms with E-state index in [4.69, 9.17) is 16.3 Å². The van der Waals surface area contributed by atoms with E-state index in [-0.39, 0.29) is 18.3 Å². The molecule has 0 heterocycles. The van der Waals surface area contributed by atoms with Gasteiger partial charge in [0.25, 0.3) is 0 Å². The third-order valence-electron chi connectivity index (χ3n) is 4.05. The maximum atomic E-state index is 14.0. The van der Waals surface area contributed by atoms with Crippen molar-refractivity contribution in [1.82, 2.24) is 5.32 Å². The number of aryl methyl sites for hydroxylation is 1. The fourth-order valence-electron chi connectivity index (χ4n) is 2.47. The highest BCUT2D eigenvalue weighted by Gasteiger charge is 2.29. The lowest BCUT2D eigenvalue weighted by atomic mass is 9.95. The molecule has 2 aromatic rings. The van der Waals surface area contributed by atoms with E-state index in [1.165, 1.54) is 13.2 Å². The zero-order chi connectivity index (χ0) is 17.6. The van der Waals surface area contributed by atoms with Crippen LogP contribution in [0.1, 0.15) is 24.5 Å². The molecule has 5 heteroatoms. The van der Waals surface area contributed by atoms with Crippen molar-refractivity contribution < 1.29 is 13.9 Å². The van der Waals surface area contributed by atoms with Crippen LogP contribution in [0.2, 0.25) is 5.02 Å². The minimum atomic E-state index is -0.920. The molecule has 0 saturated heterocycles. The molecule has 1 unspecified atom stereocenters. The van der Waals surface area contributed by atoms with Crippen molar-refractivity contribution in [2.75, 3.05) is 13.7 Å². The Kier molecular flexibility index (Phi) is 6.35. The molecule has 0 spiro atoms. The van der Waals surface area contributed by atoms with Crippen molar-refractivity contribution in [3.8, 4) is 0 Å². The molecule has 3 nitrogen and oxygen atoms in total. The van der Waals surface area contributed by atoms with Gasteiger partial charge in [-0.25, -0.2) is 4.39 Å². The van der Waals surface area contributed by atoms with Gasteiger partial charge in [0.05, 0.1) is 6.54 Å². The topological polar surface area (TPSA) is 38.3 Å². The number of methoxy groups -OCH3 is 1. The highest BCUT2D eigenvalue weighted by Crippen LogP contribution is 2.26. The van der Waals surface area contributed by atoms with Gasteiger partial charge in [0.1, 0.15) is 11.4 Å². The smallest absolute Gasteiger partial charge is 0.220 e. The number of benzene rings is 2. The lowest BCUT2D eigenvalue weighted by Crippen LogP contribution is -2.40. The first kappa shape index (κ1) is 18.4. The summed E-state index contributed by atoms with van der Waals surface area (Å²) in [5, 5.41) is 3.47. The van der Waals surface area contributed by atoms with E-state index in [1.54, 1.807) is 31.2 Å². The van der Waals surface area contributed by atoms with Gasteiger partial charge in [-0.2, -0.15) is 0 Å². The molecule has 2 aromatic carbocycles. The first-order valence-corrected chi connectivity index (χ1v) is 8.14. The number of nitrogens with one attached hydrogen (secondary N) is 1. The summed E-state index contributed by atoms with van der Waals surface area (Å²) in [4.78, 5) is 12.1. The Morgan fingerprint density at radius 3 is 2.67 bits per heavy atom. The number of carbonyl (C=O) groups is 1. The summed E-state index contributed by atoms with van der Waals surface area (Å²) in [5.74, 6) is -0.468. The van der Waals surface area contributed by atoms with E-state index in [0.717, 1.165) is 5.56 Å². The fraction of sp³-hybridized carbons (Fsp3) is 0.316. The number of halogens is 2. The van der Waals surface area contributed by atoms with E-state index in [0.29, 0.717) is 23.4 Å². The molecule has 24 heavy (non-hydrogen) atoms. The number of hydrogen-bond donors (Lipinski definition) is 1. The average Bonchev–Trinajstić information content (AvgIpc) is 2.58. The molecule has 0 saturated carbocycles. The first-order chi connectivity index (χ1) is 11.4. The van der Waals surface area contributed by atoms with E-state index in [2.05, 4.69) is 5.32 Å². The molecule has 1 atom stereocenters. The molecule has 0 aliphatic carbocycles. The van der Waals surface area contributed by atoms with E-state index in [1.807, 2.05) is 18.2 Å². The van der Waals surface area contributed by atoms with Gasteiger partial charge in [0, 0.05) is 24.1 Å². The molecule has 0 fully saturated rings. The van der Waals surface area contributed by atoms with Crippen LogP contribution in [-0.2, 0) is 21.6 Å². The van der Waals surface area contributed by atoms with Crippen LogP contribution in [0.3, 0.4) is 0 Å². The Morgan fingerprint density at radius 2 is 2.00 bits per heavy atom. The van der Waals surface area contributed by atoms with Crippen molar-refractivity contribution in [3.05, 3.63) is 70.5 Å². The molecule has 1 N–H and O–H groups in total. The monoisotopic (exact) mass is 349 g/mol. The molecule has 0 bridgehead atoms. The molecule has 0 aliphatic heterocycles. The summed E-state index contributed by atoms with van der Waals surface area (Å²) in [5.41, 5.74) is 0.501. The quantitative estimate of drug-likeness (QED) is 0.817. The van der Waals surface area contributed by atoms with E-state index < -0.39 is 5.60 Å². The first-order valence-electron chi connectivity index (χ1n) is 7.76. The second-order valence-corrected chi connectivity index (χ2v) is 6.26. The Hall–Kier alpha value is -1.91. The molecule has 128 valence electrons. The molecule has 2 rings (SSSR count). The number of rotatable bonds is 7. The molecule has 1 amide bonds. The van der Waals surface area contributed by atoms with Crippen molar-refractivity contribution in [2.45, 2.75) is 25.4 Å². The minimum Gasteiger partial charge on any atom is -0.372 e. The van der Waals surface area contributed by atoms with Gasteiger partial charge in [0.2, 0.25) is 5.91 Å². The van der Waals surface area contributed by atoms with Crippen LogP contribution in [0.15, 0.2) is 48.5 Å². The lowest BCUT2D eigenvalue weighted by Gasteiger charge is -2.29. The summed E-state index contributed by atoms with van der Waals surface area (Å²) in [7, 11) is 1.50. The second kappa shape index (κ2) is 8.27. The van der Waals surface area contributed by atoms with Crippen LogP contribution in [0.25, 0.3) is 0 Å². The molecular formula is C19H21ClFNO2. The zero-order valence-corrected chi connectivity index (χ0v) is 14.6. The molecule has 0 radical (unpaired) electrons. The van der Waals surface area contributed by atoms with Gasteiger partial charge in [0.15, 0.2) is 0 Å². The SMILES string of the molecule is COC(C)(CNC(=O)CCc1cccc(Cl)c1)c1ccccc1F. The zero-order valence-electron chi connectivity index (χ0n) is 13.8. The van der Waals surface area contributed by atoms with Gasteiger partial charge >= 0.3 is 0 Å². The maximum Gasteiger partial charge on any atom is 0.220 e. The summed E-state index contributed by atoms with van der Waals surface area (Å²) in [6.45, 7) is 1.95. The largest absolute Gasteiger partial charge is 0.372 e. The summed E-state index contributed by atoms with van der Waals surface area (Å²) >= 11 is 5.93. The van der Waals surface area contributed by atoms with Crippen molar-refractivity contribution >= 4 is 17.5 Å². The minimum absolute atomic E-state index is 0.116. The number of carbonyl (C=O) groups excluding carboxylic acids is 1. The predicted molar refractivity (Wildman–Crippen MR) is 93.5 cm³/mol. The predicted octanol–water partition coefficient (Wildman–Crippen LogP) is 4.09. The second-order valence-electron chi connectivity index (χ2n) is 5.82. The van der Waals surface area contributed by atoms with Crippen molar-refractivity contribution in [2.24, 2.45) is 0 Å². The fourth-order valence-corrected chi connectivity index (χ4v) is 2.69. The van der Waals surface area contributed by atoms with Crippen LogP contribution in [0, 0.1) is 5.82 Å². The number of ether oxygens (including phenoxy) is 1. The van der Waals surface area contributed by atoms with Crippen LogP contribution in [-0.4, -0.2) is 19.6 Å². The van der Waals surface area contributed by atoms with Gasteiger partial charge < -0.3 is 10.1 Å². The maximum absolute atomic E-state index is 14.0. The number of amides is 1. The Bertz CT molecular complexity index is 707. The number of hydrogen-bond acceptors (Lipinski definition) is 2. The standard InChI is InChI=1S/C19H21ClFNO2/c1-19(24-2,16-8-3-4-9-17(16)21)13-22-18(23)11-10-14-6-5-7-15(20)12-14/h3-9,12H,10-11,13H2,1-2H3,(H,22,23). The Morgan fingerprint density at radius 1 is 1.25 bits per heavy atom. The normalized spacial score (nSPS) is 13.3. The summed E-state index contributed by atoms with van der Waals surface area (Å²) in [6, 6.07) is 13.8. The third-order valence-corrected chi connectivity index (χ3v) is 4.28. The van der Waals surface area contributed by atoms with Crippen LogP contribution >= 0.6 is 11.6 Å². The molecule has 0 aliphatic rings. The van der Waals surface area contributed by atoms with Crippen LogP contribution in [0.5, 0.6) is 0 Å². The average molecular weight is 350 g/mol. The van der Waals surface area contributed by atoms with E-state index in [9.17, 15) is 9.18 Å². The van der Waals surface area contributed by atoms with Crippen LogP contribution < -0.4 is 5.32 Å². The Balaban J connectivity index is 1.93. The van der Waals surface area contributed by atoms with Gasteiger partial charge in [-0.15, -0.1) is 0 Å². The van der Waals surface area contributed by atoms with Crippen molar-refractivity contribution in [1.29, 1.82) is 0 Å². The lowest BCUT2D eigenvalue weighted by molar-refractivity contribution is -0.122. The highest BCUT2D eigenvalue weighted by atomic mass is 35.5. The van der Waals surface area contributed by atoms with Gasteiger partial charge in [-0.05, 0) is 37.1 Å². The summed E-state index contributed by atoms with van der Waals surface area (Å²) in [6.07, 6.45) is 0.924. The highest BCUT2D eigenvalue weighted by molar-refractivity contribution is 6.30. The Labute approximate surface area is 146 Å². The summed E-state index contributed by atoms with van der Waals surface area (Å²) < 4.78 is 19.5. The van der Waals surface area contributed by atoms with Crippen LogP contribution in [0.4, 0.5) is 4.39 Å². The molecular weight excluding hydrogens is 329 g/mol. The van der Waals surface area contributed by atoms with Gasteiger partial charge in [-0.3, -0.25) is 4.79 Å². The molecule has 0 aromatic heterocycles. The van der Waals surface area contributed by atoms with Gasteiger partial charge in [-0.1, -0.05) is 41.9 Å².